The summed E-state index contributed by atoms with van der Waals surface area (Å²) in [7, 11) is 1.70. The average Bonchev–Trinajstić information content (AvgIpc) is 3.31. The number of amides is 1. The van der Waals surface area contributed by atoms with Gasteiger partial charge < -0.3 is 24.3 Å². The molecule has 1 amide bonds. The van der Waals surface area contributed by atoms with E-state index >= 15 is 0 Å². The van der Waals surface area contributed by atoms with Crippen molar-refractivity contribution in [2.45, 2.75) is 6.54 Å². The number of aromatic nitrogens is 1. The van der Waals surface area contributed by atoms with Gasteiger partial charge in [-0.2, -0.15) is 0 Å². The lowest BCUT2D eigenvalue weighted by atomic mass is 10.2. The fraction of sp³-hybridized carbons (Fsp3) is 0.273. The monoisotopic (exact) mass is 392 g/mol. The van der Waals surface area contributed by atoms with Crippen LogP contribution in [0.5, 0.6) is 5.75 Å². The third kappa shape index (κ3) is 4.34. The van der Waals surface area contributed by atoms with Crippen molar-refractivity contribution in [3.05, 3.63) is 72.4 Å². The van der Waals surface area contributed by atoms with Gasteiger partial charge in [-0.25, -0.2) is 0 Å². The van der Waals surface area contributed by atoms with E-state index in [-0.39, 0.29) is 5.91 Å². The smallest absolute Gasteiger partial charge is 0.253 e. The zero-order valence-corrected chi connectivity index (χ0v) is 16.4. The van der Waals surface area contributed by atoms with Gasteiger partial charge in [-0.1, -0.05) is 12.1 Å². The number of nitrogens with one attached hydrogen (secondary N) is 1. The summed E-state index contributed by atoms with van der Waals surface area (Å²) in [5.74, 6) is 1.44. The zero-order chi connectivity index (χ0) is 20.1. The number of pyridine rings is 1. The molecule has 150 valence electrons. The summed E-state index contributed by atoms with van der Waals surface area (Å²) in [6.07, 6.45) is 4.99. The third-order valence-electron chi connectivity index (χ3n) is 5.06. The van der Waals surface area contributed by atoms with E-state index in [1.54, 1.807) is 25.6 Å². The molecule has 3 heterocycles. The Kier molecular flexibility index (Phi) is 5.65. The number of hydrogen-bond acceptors (Lipinski definition) is 6. The number of ether oxygens (including phenoxy) is 1. The van der Waals surface area contributed by atoms with E-state index in [4.69, 9.17) is 9.15 Å². The lowest BCUT2D eigenvalue weighted by Crippen LogP contribution is -2.46. The minimum Gasteiger partial charge on any atom is -0.495 e. The maximum absolute atomic E-state index is 12.4. The van der Waals surface area contributed by atoms with Crippen LogP contribution in [0.2, 0.25) is 0 Å². The molecule has 0 saturated carbocycles. The number of furan rings is 1. The van der Waals surface area contributed by atoms with Gasteiger partial charge in [0.1, 0.15) is 11.5 Å². The molecule has 0 atom stereocenters. The van der Waals surface area contributed by atoms with Crippen LogP contribution in [0.4, 0.5) is 11.4 Å². The van der Waals surface area contributed by atoms with E-state index < -0.39 is 0 Å². The Morgan fingerprint density at radius 3 is 2.66 bits per heavy atom. The van der Waals surface area contributed by atoms with Crippen molar-refractivity contribution >= 4 is 17.3 Å². The van der Waals surface area contributed by atoms with Crippen LogP contribution in [-0.2, 0) is 6.54 Å². The average molecular weight is 392 g/mol. The van der Waals surface area contributed by atoms with Crippen LogP contribution in [-0.4, -0.2) is 44.2 Å². The fourth-order valence-corrected chi connectivity index (χ4v) is 3.50. The maximum Gasteiger partial charge on any atom is 0.253 e. The Hall–Kier alpha value is -3.48. The summed E-state index contributed by atoms with van der Waals surface area (Å²) in [6, 6.07) is 13.6. The first-order chi connectivity index (χ1) is 14.2. The second-order valence-electron chi connectivity index (χ2n) is 6.84. The summed E-state index contributed by atoms with van der Waals surface area (Å²) >= 11 is 0. The molecule has 0 radical (unpaired) electrons. The van der Waals surface area contributed by atoms with Gasteiger partial charge in [-0.3, -0.25) is 9.78 Å². The highest BCUT2D eigenvalue weighted by Gasteiger charge is 2.20. The number of piperazine rings is 1. The first-order valence-electron chi connectivity index (χ1n) is 9.63. The fourth-order valence-electron chi connectivity index (χ4n) is 3.50. The molecule has 0 aliphatic carbocycles. The molecule has 1 N–H and O–H groups in total. The maximum atomic E-state index is 12.4. The molecule has 4 rings (SSSR count). The summed E-state index contributed by atoms with van der Waals surface area (Å²) < 4.78 is 10.7. The van der Waals surface area contributed by atoms with Crippen LogP contribution in [0, 0.1) is 0 Å². The van der Waals surface area contributed by atoms with Crippen LogP contribution >= 0.6 is 0 Å². The van der Waals surface area contributed by atoms with Gasteiger partial charge in [-0.05, 0) is 30.3 Å². The third-order valence-corrected chi connectivity index (χ3v) is 5.06. The molecule has 0 spiro atoms. The molecule has 1 aromatic carbocycles. The van der Waals surface area contributed by atoms with E-state index in [0.717, 1.165) is 49.1 Å². The van der Waals surface area contributed by atoms with Gasteiger partial charge in [0.15, 0.2) is 0 Å². The molecule has 1 aliphatic heterocycles. The van der Waals surface area contributed by atoms with E-state index in [9.17, 15) is 4.79 Å². The van der Waals surface area contributed by atoms with Gasteiger partial charge >= 0.3 is 0 Å². The highest BCUT2D eigenvalue weighted by atomic mass is 16.5. The molecule has 7 nitrogen and oxygen atoms in total. The van der Waals surface area contributed by atoms with Crippen molar-refractivity contribution in [1.29, 1.82) is 0 Å². The van der Waals surface area contributed by atoms with Gasteiger partial charge in [0.05, 0.1) is 43.1 Å². The summed E-state index contributed by atoms with van der Waals surface area (Å²) in [5, 5.41) is 2.86. The summed E-state index contributed by atoms with van der Waals surface area (Å²) in [4.78, 5) is 21.3. The number of carbonyl (C=O) groups is 1. The first kappa shape index (κ1) is 18.9. The number of para-hydroxylation sites is 2. The Labute approximate surface area is 169 Å². The van der Waals surface area contributed by atoms with Gasteiger partial charge in [-0.15, -0.1) is 0 Å². The molecule has 1 aliphatic rings. The lowest BCUT2D eigenvalue weighted by molar-refractivity contribution is 0.0947. The molecule has 3 aromatic rings. The Balaban J connectivity index is 1.38. The van der Waals surface area contributed by atoms with E-state index in [2.05, 4.69) is 26.2 Å². The van der Waals surface area contributed by atoms with Gasteiger partial charge in [0.25, 0.3) is 5.91 Å². The number of anilines is 2. The highest BCUT2D eigenvalue weighted by molar-refractivity contribution is 5.94. The first-order valence-corrected chi connectivity index (χ1v) is 9.63. The van der Waals surface area contributed by atoms with E-state index in [0.29, 0.717) is 12.1 Å². The highest BCUT2D eigenvalue weighted by Crippen LogP contribution is 2.29. The van der Waals surface area contributed by atoms with E-state index in [1.165, 1.54) is 0 Å². The Morgan fingerprint density at radius 2 is 1.90 bits per heavy atom. The quantitative estimate of drug-likeness (QED) is 0.696. The predicted molar refractivity (Wildman–Crippen MR) is 112 cm³/mol. The SMILES string of the molecule is COc1ccccc1N1CCN(c2cncc(C(=O)NCc3ccco3)c2)CC1. The van der Waals surface area contributed by atoms with Crippen LogP contribution in [0.15, 0.2) is 65.5 Å². The number of carbonyl (C=O) groups excluding carboxylic acids is 1. The second-order valence-corrected chi connectivity index (χ2v) is 6.84. The van der Waals surface area contributed by atoms with Crippen molar-refractivity contribution in [2.75, 3.05) is 43.1 Å². The number of benzene rings is 1. The van der Waals surface area contributed by atoms with Gasteiger partial charge in [0, 0.05) is 32.4 Å². The van der Waals surface area contributed by atoms with Crippen LogP contribution in [0.3, 0.4) is 0 Å². The normalized spacial score (nSPS) is 14.0. The van der Waals surface area contributed by atoms with E-state index in [1.807, 2.05) is 36.5 Å². The number of rotatable bonds is 6. The minimum absolute atomic E-state index is 0.164. The number of nitrogens with zero attached hydrogens (tertiary/aromatic N) is 3. The Morgan fingerprint density at radius 1 is 1.10 bits per heavy atom. The van der Waals surface area contributed by atoms with Gasteiger partial charge in [0.2, 0.25) is 0 Å². The zero-order valence-electron chi connectivity index (χ0n) is 16.4. The lowest BCUT2D eigenvalue weighted by Gasteiger charge is -2.37. The summed E-state index contributed by atoms with van der Waals surface area (Å²) in [5.41, 5.74) is 2.61. The molecule has 0 unspecified atom stereocenters. The molecule has 1 fully saturated rings. The van der Waals surface area contributed by atoms with Crippen molar-refractivity contribution < 1.29 is 13.9 Å². The van der Waals surface area contributed by atoms with Crippen molar-refractivity contribution in [1.82, 2.24) is 10.3 Å². The molecule has 7 heteroatoms. The van der Waals surface area contributed by atoms with Crippen molar-refractivity contribution in [3.63, 3.8) is 0 Å². The standard InChI is InChI=1S/C22H24N4O3/c1-28-21-7-3-2-6-20(21)26-10-8-25(9-11-26)18-13-17(14-23-15-18)22(27)24-16-19-5-4-12-29-19/h2-7,12-15H,8-11,16H2,1H3,(H,24,27). The molecular weight excluding hydrogens is 368 g/mol. The number of methoxy groups -OCH3 is 1. The van der Waals surface area contributed by atoms with Crippen molar-refractivity contribution in [3.8, 4) is 5.75 Å². The molecule has 29 heavy (non-hydrogen) atoms. The second kappa shape index (κ2) is 8.68. The van der Waals surface area contributed by atoms with Crippen LogP contribution in [0.1, 0.15) is 16.1 Å². The predicted octanol–water partition coefficient (Wildman–Crippen LogP) is 2.94. The molecule has 1 saturated heterocycles. The Bertz CT molecular complexity index is 950. The topological polar surface area (TPSA) is 70.8 Å². The van der Waals surface area contributed by atoms with Crippen LogP contribution in [0.25, 0.3) is 0 Å². The van der Waals surface area contributed by atoms with Crippen LogP contribution < -0.4 is 19.9 Å². The summed E-state index contributed by atoms with van der Waals surface area (Å²) in [6.45, 7) is 3.78. The largest absolute Gasteiger partial charge is 0.495 e. The minimum atomic E-state index is -0.164. The van der Waals surface area contributed by atoms with Crippen molar-refractivity contribution in [2.24, 2.45) is 0 Å². The number of hydrogen-bond donors (Lipinski definition) is 1. The molecule has 0 bridgehead atoms. The molecular formula is C22H24N4O3. The molecule has 2 aromatic heterocycles.